The molecule has 0 spiro atoms. The summed E-state index contributed by atoms with van der Waals surface area (Å²) in [5.74, 6) is -1.44. The van der Waals surface area contributed by atoms with E-state index >= 15 is 4.39 Å². The van der Waals surface area contributed by atoms with Crippen molar-refractivity contribution in [3.05, 3.63) is 64.7 Å². The van der Waals surface area contributed by atoms with E-state index in [1.54, 1.807) is 17.0 Å². The van der Waals surface area contributed by atoms with E-state index in [-0.39, 0.29) is 5.02 Å². The molecule has 1 amide bonds. The zero-order chi connectivity index (χ0) is 29.5. The molecule has 2 aliphatic carbocycles. The fraction of sp³-hybridized carbons (Fsp3) is 0.581. The monoisotopic (exact) mass is 621 g/mol. The molecule has 0 N–H and O–H groups in total. The van der Waals surface area contributed by atoms with Gasteiger partial charge in [0.2, 0.25) is 10.0 Å². The highest BCUT2D eigenvalue weighted by Gasteiger charge is 2.60. The zero-order valence-corrected chi connectivity index (χ0v) is 25.3. The number of carbonyl (C=O) groups is 1. The molecule has 6 rings (SSSR count). The molecule has 4 fully saturated rings. The van der Waals surface area contributed by atoms with Gasteiger partial charge in [-0.25, -0.2) is 22.0 Å². The van der Waals surface area contributed by atoms with Gasteiger partial charge in [0.1, 0.15) is 22.1 Å². The molecule has 0 unspecified atom stereocenters. The van der Waals surface area contributed by atoms with Gasteiger partial charge >= 0.3 is 6.09 Å². The van der Waals surface area contributed by atoms with Crippen molar-refractivity contribution in [2.24, 2.45) is 0 Å². The predicted octanol–water partition coefficient (Wildman–Crippen LogP) is 6.52. The van der Waals surface area contributed by atoms with Gasteiger partial charge in [0, 0.05) is 37.2 Å². The molecule has 2 saturated heterocycles. The average molecular weight is 622 g/mol. The smallest absolute Gasteiger partial charge is 0.410 e. The van der Waals surface area contributed by atoms with E-state index in [0.29, 0.717) is 56.8 Å². The number of halogens is 3. The van der Waals surface area contributed by atoms with Gasteiger partial charge < -0.3 is 9.64 Å². The minimum absolute atomic E-state index is 0.0829. The summed E-state index contributed by atoms with van der Waals surface area (Å²) in [5.41, 5.74) is -0.530. The van der Waals surface area contributed by atoms with E-state index in [9.17, 15) is 17.6 Å². The Bertz CT molecular complexity index is 1410. The van der Waals surface area contributed by atoms with Gasteiger partial charge in [-0.15, -0.1) is 0 Å². The van der Waals surface area contributed by atoms with Crippen molar-refractivity contribution in [3.63, 3.8) is 0 Å². The summed E-state index contributed by atoms with van der Waals surface area (Å²) >= 11 is 5.93. The van der Waals surface area contributed by atoms with Crippen molar-refractivity contribution >= 4 is 27.7 Å². The minimum atomic E-state index is -4.43. The normalized spacial score (nSPS) is 25.7. The number of piperidine rings is 1. The van der Waals surface area contributed by atoms with Crippen LogP contribution in [-0.2, 0) is 14.8 Å². The number of nitrogens with zero attached hydrogens (tertiary/aromatic N) is 3. The quantitative estimate of drug-likeness (QED) is 0.367. The Labute approximate surface area is 251 Å². The third-order valence-corrected chi connectivity index (χ3v) is 11.7. The molecule has 0 aromatic heterocycles. The van der Waals surface area contributed by atoms with E-state index < -0.39 is 50.3 Å². The summed E-state index contributed by atoms with van der Waals surface area (Å²) in [6.07, 6.45) is 8.35. The number of carbonyl (C=O) groups excluding carboxylic acids is 1. The number of hydrogen-bond acceptors (Lipinski definition) is 5. The molecule has 0 radical (unpaired) electrons. The summed E-state index contributed by atoms with van der Waals surface area (Å²) in [4.78, 5) is 17.2. The molecular formula is C31H38ClF2N3O4S. The molecule has 2 aromatic rings. The standard InChI is InChI=1S/C31H38ClF2N3O4S/c32-23-12-13-28(26(34)21-23)42(39,40)37-27(22-6-4-7-24(33)20-22)10-5-11-29(37)31(14-15-31)41-30(38)36-18-16-35(17-19-36)25-8-2-1-3-9-25/h4,6-7,12-13,20-21,25,27,29H,1-3,5,8-11,14-19H2/t27-,29+/m0/s1. The number of ether oxygens (including phenoxy) is 1. The van der Waals surface area contributed by atoms with E-state index in [1.807, 2.05) is 0 Å². The van der Waals surface area contributed by atoms with Crippen molar-refractivity contribution in [1.82, 2.24) is 14.1 Å². The van der Waals surface area contributed by atoms with Crippen LogP contribution >= 0.6 is 11.6 Å². The molecular weight excluding hydrogens is 584 g/mol. The van der Waals surface area contributed by atoms with Crippen molar-refractivity contribution in [2.75, 3.05) is 26.2 Å². The fourth-order valence-electron chi connectivity index (χ4n) is 7.21. The van der Waals surface area contributed by atoms with Crippen LogP contribution in [0.2, 0.25) is 5.02 Å². The van der Waals surface area contributed by atoms with Gasteiger partial charge in [-0.2, -0.15) is 4.31 Å². The SMILES string of the molecule is O=C(OC1([C@H]2CCC[C@@H](c3cccc(F)c3)N2S(=O)(=O)c2ccc(Cl)cc2F)CC1)N1CCN(C2CCCCC2)CC1. The molecule has 228 valence electrons. The van der Waals surface area contributed by atoms with Crippen LogP contribution in [0, 0.1) is 11.6 Å². The molecule has 4 aliphatic rings. The highest BCUT2D eigenvalue weighted by Crippen LogP contribution is 2.53. The van der Waals surface area contributed by atoms with Gasteiger partial charge in [0.05, 0.1) is 12.1 Å². The number of benzene rings is 2. The van der Waals surface area contributed by atoms with Gasteiger partial charge in [-0.3, -0.25) is 4.90 Å². The molecule has 2 aromatic carbocycles. The molecule has 11 heteroatoms. The number of amides is 1. The lowest BCUT2D eigenvalue weighted by Gasteiger charge is -2.45. The van der Waals surface area contributed by atoms with Crippen LogP contribution in [0.15, 0.2) is 47.4 Å². The third kappa shape index (κ3) is 5.92. The maximum Gasteiger partial charge on any atom is 0.410 e. The minimum Gasteiger partial charge on any atom is -0.441 e. The van der Waals surface area contributed by atoms with Crippen molar-refractivity contribution in [2.45, 2.75) is 92.8 Å². The average Bonchev–Trinajstić information content (AvgIpc) is 3.77. The van der Waals surface area contributed by atoms with E-state index in [4.69, 9.17) is 16.3 Å². The molecule has 42 heavy (non-hydrogen) atoms. The van der Waals surface area contributed by atoms with Crippen LogP contribution in [0.1, 0.15) is 75.8 Å². The summed E-state index contributed by atoms with van der Waals surface area (Å²) in [5, 5.41) is 0.0829. The van der Waals surface area contributed by atoms with Crippen molar-refractivity contribution in [1.29, 1.82) is 0 Å². The Hall–Kier alpha value is -2.27. The van der Waals surface area contributed by atoms with Crippen LogP contribution in [0.5, 0.6) is 0 Å². The van der Waals surface area contributed by atoms with Gasteiger partial charge in [0.15, 0.2) is 0 Å². The third-order valence-electron chi connectivity index (χ3n) is 9.56. The fourth-order valence-corrected chi connectivity index (χ4v) is 9.34. The first-order valence-corrected chi connectivity index (χ1v) is 17.0. The van der Waals surface area contributed by atoms with Crippen molar-refractivity contribution < 1.29 is 26.7 Å². The highest BCUT2D eigenvalue weighted by molar-refractivity contribution is 7.89. The summed E-state index contributed by atoms with van der Waals surface area (Å²) in [7, 11) is -4.43. The lowest BCUT2D eigenvalue weighted by Crippen LogP contribution is -2.56. The van der Waals surface area contributed by atoms with Gasteiger partial charge in [0.25, 0.3) is 0 Å². The lowest BCUT2D eigenvalue weighted by molar-refractivity contribution is -0.0169. The Balaban J connectivity index is 1.26. The second-order valence-electron chi connectivity index (χ2n) is 12.2. The maximum absolute atomic E-state index is 15.1. The number of sulfonamides is 1. The predicted molar refractivity (Wildman–Crippen MR) is 156 cm³/mol. The Morgan fingerprint density at radius 3 is 2.31 bits per heavy atom. The summed E-state index contributed by atoms with van der Waals surface area (Å²) in [6, 6.07) is 8.47. The first-order chi connectivity index (χ1) is 20.2. The number of hydrogen-bond donors (Lipinski definition) is 0. The summed E-state index contributed by atoms with van der Waals surface area (Å²) in [6.45, 7) is 2.74. The van der Waals surface area contributed by atoms with Crippen LogP contribution in [-0.4, -0.2) is 72.5 Å². The van der Waals surface area contributed by atoms with E-state index in [1.165, 1.54) is 60.7 Å². The van der Waals surface area contributed by atoms with Crippen LogP contribution in [0.4, 0.5) is 13.6 Å². The number of rotatable bonds is 6. The number of piperazine rings is 1. The van der Waals surface area contributed by atoms with Gasteiger partial charge in [-0.1, -0.05) is 43.0 Å². The Morgan fingerprint density at radius 1 is 0.905 bits per heavy atom. The molecule has 2 aliphatic heterocycles. The largest absolute Gasteiger partial charge is 0.441 e. The molecule has 7 nitrogen and oxygen atoms in total. The lowest BCUT2D eigenvalue weighted by atomic mass is 9.90. The first kappa shape index (κ1) is 29.8. The molecule has 0 bridgehead atoms. The van der Waals surface area contributed by atoms with Crippen LogP contribution in [0.25, 0.3) is 0 Å². The summed E-state index contributed by atoms with van der Waals surface area (Å²) < 4.78 is 65.4. The topological polar surface area (TPSA) is 70.2 Å². The molecule has 2 heterocycles. The van der Waals surface area contributed by atoms with Crippen LogP contribution < -0.4 is 0 Å². The van der Waals surface area contributed by atoms with E-state index in [2.05, 4.69) is 4.90 Å². The molecule has 2 saturated carbocycles. The van der Waals surface area contributed by atoms with Crippen LogP contribution in [0.3, 0.4) is 0 Å². The maximum atomic E-state index is 15.1. The van der Waals surface area contributed by atoms with Gasteiger partial charge in [-0.05, 0) is 80.8 Å². The zero-order valence-electron chi connectivity index (χ0n) is 23.7. The Morgan fingerprint density at radius 2 is 1.64 bits per heavy atom. The van der Waals surface area contributed by atoms with E-state index in [0.717, 1.165) is 19.2 Å². The van der Waals surface area contributed by atoms with Crippen molar-refractivity contribution in [3.8, 4) is 0 Å². The molecule has 2 atom stereocenters. The second-order valence-corrected chi connectivity index (χ2v) is 14.4. The second kappa shape index (κ2) is 12.0. The Kier molecular flexibility index (Phi) is 8.52. The first-order valence-electron chi connectivity index (χ1n) is 15.1. The highest BCUT2D eigenvalue weighted by atomic mass is 35.5.